The zero-order chi connectivity index (χ0) is 17.1. The third-order valence-electron chi connectivity index (χ3n) is 3.64. The molecular weight excluding hydrogens is 304 g/mol. The summed E-state index contributed by atoms with van der Waals surface area (Å²) in [5.41, 5.74) is 2.49. The van der Waals surface area contributed by atoms with Gasteiger partial charge >= 0.3 is 0 Å². The molecule has 5 nitrogen and oxygen atoms in total. The van der Waals surface area contributed by atoms with E-state index in [0.29, 0.717) is 28.2 Å². The van der Waals surface area contributed by atoms with Crippen LogP contribution in [0.3, 0.4) is 0 Å². The van der Waals surface area contributed by atoms with E-state index in [1.807, 2.05) is 24.3 Å². The van der Waals surface area contributed by atoms with Crippen LogP contribution < -0.4 is 4.74 Å². The van der Waals surface area contributed by atoms with Crippen LogP contribution in [0.5, 0.6) is 5.75 Å². The van der Waals surface area contributed by atoms with Crippen LogP contribution in [0, 0.1) is 21.4 Å². The SMILES string of the molecule is C=CC1=C/C(=C(/C#N)c2ccc([N+](=O)[O-])cc2)c2ccccc2O1. The molecule has 0 aliphatic carbocycles. The number of allylic oxidation sites excluding steroid dienone is 4. The van der Waals surface area contributed by atoms with Gasteiger partial charge in [-0.25, -0.2) is 0 Å². The Morgan fingerprint density at radius 2 is 1.92 bits per heavy atom. The molecule has 1 heterocycles. The maximum absolute atomic E-state index is 10.8. The molecular formula is C19H12N2O3. The van der Waals surface area contributed by atoms with Gasteiger partial charge in [0.2, 0.25) is 0 Å². The highest BCUT2D eigenvalue weighted by molar-refractivity contribution is 6.03. The number of nitro groups is 1. The molecule has 2 aromatic carbocycles. The second-order valence-electron chi connectivity index (χ2n) is 5.05. The van der Waals surface area contributed by atoms with E-state index in [1.165, 1.54) is 12.1 Å². The van der Waals surface area contributed by atoms with E-state index in [2.05, 4.69) is 12.6 Å². The predicted octanol–water partition coefficient (Wildman–Crippen LogP) is 4.49. The Bertz CT molecular complexity index is 932. The molecule has 5 heteroatoms. The Labute approximate surface area is 138 Å². The van der Waals surface area contributed by atoms with Gasteiger partial charge in [0, 0.05) is 23.3 Å². The molecule has 0 atom stereocenters. The fourth-order valence-electron chi connectivity index (χ4n) is 2.49. The Morgan fingerprint density at radius 1 is 1.21 bits per heavy atom. The summed E-state index contributed by atoms with van der Waals surface area (Å²) in [6, 6.07) is 15.5. The van der Waals surface area contributed by atoms with Crippen molar-refractivity contribution in [3.8, 4) is 11.8 Å². The van der Waals surface area contributed by atoms with Crippen molar-refractivity contribution in [3.63, 3.8) is 0 Å². The number of nitriles is 1. The molecule has 24 heavy (non-hydrogen) atoms. The van der Waals surface area contributed by atoms with E-state index in [-0.39, 0.29) is 5.69 Å². The first-order chi connectivity index (χ1) is 11.6. The van der Waals surface area contributed by atoms with Gasteiger partial charge in [-0.1, -0.05) is 24.8 Å². The monoisotopic (exact) mass is 316 g/mol. The molecule has 3 rings (SSSR count). The van der Waals surface area contributed by atoms with Crippen LogP contribution in [0.2, 0.25) is 0 Å². The number of non-ortho nitro benzene ring substituents is 1. The maximum Gasteiger partial charge on any atom is 0.269 e. The fourth-order valence-corrected chi connectivity index (χ4v) is 2.49. The van der Waals surface area contributed by atoms with E-state index in [9.17, 15) is 15.4 Å². The summed E-state index contributed by atoms with van der Waals surface area (Å²) in [6.07, 6.45) is 3.32. The molecule has 0 N–H and O–H groups in total. The maximum atomic E-state index is 10.8. The van der Waals surface area contributed by atoms with Gasteiger partial charge in [0.05, 0.1) is 10.5 Å². The lowest BCUT2D eigenvalue weighted by Gasteiger charge is -2.19. The molecule has 1 aliphatic heterocycles. The van der Waals surface area contributed by atoms with Crippen molar-refractivity contribution in [2.24, 2.45) is 0 Å². The van der Waals surface area contributed by atoms with Crippen molar-refractivity contribution >= 4 is 16.8 Å². The molecule has 0 bridgehead atoms. The molecule has 1 aliphatic rings. The average molecular weight is 316 g/mol. The summed E-state index contributed by atoms with van der Waals surface area (Å²) in [7, 11) is 0. The summed E-state index contributed by atoms with van der Waals surface area (Å²) in [5.74, 6) is 1.18. The molecule has 0 aromatic heterocycles. The molecule has 0 saturated carbocycles. The van der Waals surface area contributed by atoms with Crippen LogP contribution in [0.15, 0.2) is 73.0 Å². The van der Waals surface area contributed by atoms with Crippen LogP contribution in [-0.2, 0) is 0 Å². The summed E-state index contributed by atoms with van der Waals surface area (Å²) in [5, 5.41) is 20.4. The lowest BCUT2D eigenvalue weighted by molar-refractivity contribution is -0.384. The van der Waals surface area contributed by atoms with Crippen molar-refractivity contribution in [3.05, 3.63) is 94.3 Å². The van der Waals surface area contributed by atoms with E-state index in [1.54, 1.807) is 24.3 Å². The Balaban J connectivity index is 2.21. The minimum Gasteiger partial charge on any atom is -0.457 e. The Kier molecular flexibility index (Phi) is 3.96. The predicted molar refractivity (Wildman–Crippen MR) is 90.9 cm³/mol. The van der Waals surface area contributed by atoms with Gasteiger partial charge < -0.3 is 4.74 Å². The number of rotatable bonds is 3. The van der Waals surface area contributed by atoms with Gasteiger partial charge in [0.1, 0.15) is 17.6 Å². The molecule has 0 amide bonds. The number of ether oxygens (including phenoxy) is 1. The second kappa shape index (κ2) is 6.23. The summed E-state index contributed by atoms with van der Waals surface area (Å²) >= 11 is 0. The van der Waals surface area contributed by atoms with Crippen LogP contribution in [0.25, 0.3) is 11.1 Å². The van der Waals surface area contributed by atoms with Crippen molar-refractivity contribution in [2.75, 3.05) is 0 Å². The molecule has 0 fully saturated rings. The first kappa shape index (κ1) is 15.3. The van der Waals surface area contributed by atoms with E-state index in [0.717, 1.165) is 5.56 Å². The van der Waals surface area contributed by atoms with E-state index >= 15 is 0 Å². The minimum absolute atomic E-state index is 0.0178. The van der Waals surface area contributed by atoms with Crippen molar-refractivity contribution in [2.45, 2.75) is 0 Å². The highest BCUT2D eigenvalue weighted by Crippen LogP contribution is 2.38. The van der Waals surface area contributed by atoms with Gasteiger partial charge in [-0.05, 0) is 35.9 Å². The highest BCUT2D eigenvalue weighted by Gasteiger charge is 2.19. The highest BCUT2D eigenvalue weighted by atomic mass is 16.6. The largest absolute Gasteiger partial charge is 0.457 e. The van der Waals surface area contributed by atoms with E-state index in [4.69, 9.17) is 4.74 Å². The standard InChI is InChI=1S/C19H12N2O3/c1-2-15-11-17(16-5-3-4-6-19(16)24-15)18(12-20)13-7-9-14(10-8-13)21(22)23/h2-11H,1H2/b18-17+. The van der Waals surface area contributed by atoms with Crippen molar-refractivity contribution < 1.29 is 9.66 Å². The first-order valence-corrected chi connectivity index (χ1v) is 7.14. The smallest absolute Gasteiger partial charge is 0.269 e. The van der Waals surface area contributed by atoms with Gasteiger partial charge in [0.15, 0.2) is 0 Å². The lowest BCUT2D eigenvalue weighted by Crippen LogP contribution is -2.03. The zero-order valence-corrected chi connectivity index (χ0v) is 12.6. The third kappa shape index (κ3) is 2.69. The molecule has 0 saturated heterocycles. The molecule has 0 radical (unpaired) electrons. The number of nitrogens with zero attached hydrogens (tertiary/aromatic N) is 2. The minimum atomic E-state index is -0.470. The first-order valence-electron chi connectivity index (χ1n) is 7.14. The normalized spacial score (nSPS) is 14.5. The van der Waals surface area contributed by atoms with Crippen LogP contribution in [0.1, 0.15) is 11.1 Å². The molecule has 0 unspecified atom stereocenters. The van der Waals surface area contributed by atoms with Crippen molar-refractivity contribution in [1.82, 2.24) is 0 Å². The number of hydrogen-bond donors (Lipinski definition) is 0. The van der Waals surface area contributed by atoms with Crippen molar-refractivity contribution in [1.29, 1.82) is 5.26 Å². The Hall–Kier alpha value is -3.65. The van der Waals surface area contributed by atoms with Gasteiger partial charge in [-0.15, -0.1) is 0 Å². The van der Waals surface area contributed by atoms with Crippen LogP contribution >= 0.6 is 0 Å². The number of nitro benzene ring substituents is 1. The van der Waals surface area contributed by atoms with E-state index < -0.39 is 4.92 Å². The zero-order valence-electron chi connectivity index (χ0n) is 12.6. The second-order valence-corrected chi connectivity index (χ2v) is 5.05. The third-order valence-corrected chi connectivity index (χ3v) is 3.64. The van der Waals surface area contributed by atoms with Gasteiger partial charge in [-0.3, -0.25) is 10.1 Å². The molecule has 0 spiro atoms. The van der Waals surface area contributed by atoms with Crippen LogP contribution in [-0.4, -0.2) is 4.92 Å². The lowest BCUT2D eigenvalue weighted by atomic mass is 9.93. The summed E-state index contributed by atoms with van der Waals surface area (Å²) in [6.45, 7) is 3.71. The summed E-state index contributed by atoms with van der Waals surface area (Å²) in [4.78, 5) is 10.3. The average Bonchev–Trinajstić information content (AvgIpc) is 2.62. The summed E-state index contributed by atoms with van der Waals surface area (Å²) < 4.78 is 5.70. The molecule has 2 aromatic rings. The number of hydrogen-bond acceptors (Lipinski definition) is 4. The Morgan fingerprint density at radius 3 is 2.54 bits per heavy atom. The number of fused-ring (bicyclic) bond motifs is 1. The van der Waals surface area contributed by atoms with Crippen LogP contribution in [0.4, 0.5) is 5.69 Å². The quantitative estimate of drug-likeness (QED) is 0.475. The molecule has 116 valence electrons. The fraction of sp³-hybridized carbons (Fsp3) is 0. The number of para-hydroxylation sites is 1. The number of benzene rings is 2. The topological polar surface area (TPSA) is 76.2 Å². The van der Waals surface area contributed by atoms with Gasteiger partial charge in [-0.2, -0.15) is 5.26 Å². The van der Waals surface area contributed by atoms with Gasteiger partial charge in [0.25, 0.3) is 5.69 Å².